The predicted octanol–water partition coefficient (Wildman–Crippen LogP) is 3.11. The second-order valence-corrected chi connectivity index (χ2v) is 4.64. The van der Waals surface area contributed by atoms with Gasteiger partial charge in [0.1, 0.15) is 5.82 Å². The maximum absolute atomic E-state index is 5.98. The Balaban J connectivity index is 2.18. The zero-order chi connectivity index (χ0) is 13.2. The number of rotatable bonds is 2. The Hall–Kier alpha value is -2.42. The molecule has 0 bridgehead atoms. The van der Waals surface area contributed by atoms with Gasteiger partial charge in [0.2, 0.25) is 0 Å². The number of anilines is 1. The van der Waals surface area contributed by atoms with Crippen LogP contribution >= 0.6 is 0 Å². The van der Waals surface area contributed by atoms with Crippen molar-refractivity contribution in [3.63, 3.8) is 0 Å². The summed E-state index contributed by atoms with van der Waals surface area (Å²) >= 11 is 0. The molecule has 19 heavy (non-hydrogen) atoms. The summed E-state index contributed by atoms with van der Waals surface area (Å²) in [5.74, 6) is 0.576. The first kappa shape index (κ1) is 11.7. The zero-order valence-corrected chi connectivity index (χ0v) is 10.8. The standard InChI is InChI=1S/C16H15N3/c1-11-14(9-12-5-3-2-4-6-12)15-10-18-8-7-13(15)16(17)19-11/h2-8,10H,9H2,1H3,(H2,17,19). The van der Waals surface area contributed by atoms with E-state index in [1.807, 2.05) is 25.3 Å². The highest BCUT2D eigenvalue weighted by Gasteiger charge is 2.10. The molecular formula is C16H15N3. The Morgan fingerprint density at radius 2 is 1.84 bits per heavy atom. The summed E-state index contributed by atoms with van der Waals surface area (Å²) in [6, 6.07) is 12.3. The molecule has 3 rings (SSSR count). The Morgan fingerprint density at radius 1 is 1.05 bits per heavy atom. The van der Waals surface area contributed by atoms with Crippen molar-refractivity contribution < 1.29 is 0 Å². The third kappa shape index (κ3) is 2.15. The van der Waals surface area contributed by atoms with Crippen LogP contribution < -0.4 is 5.73 Å². The minimum absolute atomic E-state index is 0.576. The van der Waals surface area contributed by atoms with Crippen LogP contribution in [0, 0.1) is 6.92 Å². The second-order valence-electron chi connectivity index (χ2n) is 4.64. The van der Waals surface area contributed by atoms with Crippen LogP contribution in [0.15, 0.2) is 48.8 Å². The summed E-state index contributed by atoms with van der Waals surface area (Å²) in [5.41, 5.74) is 9.42. The van der Waals surface area contributed by atoms with E-state index in [-0.39, 0.29) is 0 Å². The number of benzene rings is 1. The van der Waals surface area contributed by atoms with Crippen molar-refractivity contribution in [3.05, 3.63) is 65.6 Å². The van der Waals surface area contributed by atoms with E-state index < -0.39 is 0 Å². The molecule has 0 aliphatic carbocycles. The van der Waals surface area contributed by atoms with Gasteiger partial charge in [0.25, 0.3) is 0 Å². The molecule has 0 unspecified atom stereocenters. The Kier molecular flexibility index (Phi) is 2.88. The monoisotopic (exact) mass is 249 g/mol. The molecule has 0 atom stereocenters. The van der Waals surface area contributed by atoms with E-state index in [1.165, 1.54) is 11.1 Å². The van der Waals surface area contributed by atoms with E-state index in [1.54, 1.807) is 6.20 Å². The number of nitrogen functional groups attached to an aromatic ring is 1. The van der Waals surface area contributed by atoms with Gasteiger partial charge in [-0.3, -0.25) is 4.98 Å². The molecule has 2 aromatic heterocycles. The van der Waals surface area contributed by atoms with Gasteiger partial charge in [0.05, 0.1) is 0 Å². The van der Waals surface area contributed by atoms with Crippen molar-refractivity contribution in [1.29, 1.82) is 0 Å². The highest BCUT2D eigenvalue weighted by molar-refractivity contribution is 5.93. The fourth-order valence-electron chi connectivity index (χ4n) is 2.38. The van der Waals surface area contributed by atoms with Crippen LogP contribution in [0.4, 0.5) is 5.82 Å². The summed E-state index contributed by atoms with van der Waals surface area (Å²) in [6.07, 6.45) is 4.47. The van der Waals surface area contributed by atoms with Gasteiger partial charge in [-0.25, -0.2) is 4.98 Å². The lowest BCUT2D eigenvalue weighted by atomic mass is 9.99. The highest BCUT2D eigenvalue weighted by Crippen LogP contribution is 2.26. The largest absolute Gasteiger partial charge is 0.383 e. The average molecular weight is 249 g/mol. The van der Waals surface area contributed by atoms with Crippen LogP contribution in [-0.2, 0) is 6.42 Å². The lowest BCUT2D eigenvalue weighted by Crippen LogP contribution is -2.01. The van der Waals surface area contributed by atoms with E-state index in [0.717, 1.165) is 22.9 Å². The number of hydrogen-bond donors (Lipinski definition) is 1. The van der Waals surface area contributed by atoms with E-state index >= 15 is 0 Å². The van der Waals surface area contributed by atoms with Crippen LogP contribution in [0.2, 0.25) is 0 Å². The van der Waals surface area contributed by atoms with Crippen molar-refractivity contribution in [1.82, 2.24) is 9.97 Å². The molecule has 0 amide bonds. The summed E-state index contributed by atoms with van der Waals surface area (Å²) in [7, 11) is 0. The third-order valence-corrected chi connectivity index (χ3v) is 3.37. The quantitative estimate of drug-likeness (QED) is 0.759. The first-order chi connectivity index (χ1) is 9.25. The van der Waals surface area contributed by atoms with Gasteiger partial charge in [-0.1, -0.05) is 30.3 Å². The SMILES string of the molecule is Cc1nc(N)c2ccncc2c1Cc1ccccc1. The summed E-state index contributed by atoms with van der Waals surface area (Å²) in [4.78, 5) is 8.66. The Morgan fingerprint density at radius 3 is 2.63 bits per heavy atom. The molecular weight excluding hydrogens is 234 g/mol. The fourth-order valence-corrected chi connectivity index (χ4v) is 2.38. The maximum atomic E-state index is 5.98. The van der Waals surface area contributed by atoms with Crippen LogP contribution in [-0.4, -0.2) is 9.97 Å². The minimum atomic E-state index is 0.576. The smallest absolute Gasteiger partial charge is 0.131 e. The van der Waals surface area contributed by atoms with E-state index in [2.05, 4.69) is 34.2 Å². The molecule has 94 valence electrons. The third-order valence-electron chi connectivity index (χ3n) is 3.37. The van der Waals surface area contributed by atoms with E-state index in [0.29, 0.717) is 5.82 Å². The first-order valence-electron chi connectivity index (χ1n) is 6.28. The summed E-state index contributed by atoms with van der Waals surface area (Å²) in [6.45, 7) is 2.00. The molecule has 0 aliphatic rings. The lowest BCUT2D eigenvalue weighted by molar-refractivity contribution is 1.10. The maximum Gasteiger partial charge on any atom is 0.131 e. The number of aromatic nitrogens is 2. The Bertz CT molecular complexity index is 721. The van der Waals surface area contributed by atoms with Crippen LogP contribution in [0.3, 0.4) is 0 Å². The predicted molar refractivity (Wildman–Crippen MR) is 77.9 cm³/mol. The van der Waals surface area contributed by atoms with Crippen LogP contribution in [0.1, 0.15) is 16.8 Å². The number of pyridine rings is 2. The van der Waals surface area contributed by atoms with Crippen molar-refractivity contribution in [2.45, 2.75) is 13.3 Å². The van der Waals surface area contributed by atoms with Crippen LogP contribution in [0.25, 0.3) is 10.8 Å². The molecule has 3 heteroatoms. The van der Waals surface area contributed by atoms with Crippen molar-refractivity contribution >= 4 is 16.6 Å². The summed E-state index contributed by atoms with van der Waals surface area (Å²) in [5, 5.41) is 2.07. The molecule has 1 aromatic carbocycles. The van der Waals surface area contributed by atoms with E-state index in [4.69, 9.17) is 5.73 Å². The number of nitrogens with two attached hydrogens (primary N) is 1. The average Bonchev–Trinajstić information content (AvgIpc) is 2.45. The van der Waals surface area contributed by atoms with Gasteiger partial charge >= 0.3 is 0 Å². The van der Waals surface area contributed by atoms with Crippen molar-refractivity contribution in [3.8, 4) is 0 Å². The number of aryl methyl sites for hydroxylation is 1. The molecule has 2 N–H and O–H groups in total. The molecule has 3 aromatic rings. The van der Waals surface area contributed by atoms with Gasteiger partial charge in [-0.2, -0.15) is 0 Å². The topological polar surface area (TPSA) is 51.8 Å². The molecule has 0 saturated heterocycles. The molecule has 0 spiro atoms. The van der Waals surface area contributed by atoms with Crippen molar-refractivity contribution in [2.24, 2.45) is 0 Å². The van der Waals surface area contributed by atoms with Gasteiger partial charge in [-0.05, 0) is 30.5 Å². The van der Waals surface area contributed by atoms with Gasteiger partial charge in [0.15, 0.2) is 0 Å². The first-order valence-corrected chi connectivity index (χ1v) is 6.28. The molecule has 2 heterocycles. The molecule has 0 aliphatic heterocycles. The number of hydrogen-bond acceptors (Lipinski definition) is 3. The summed E-state index contributed by atoms with van der Waals surface area (Å²) < 4.78 is 0. The molecule has 3 nitrogen and oxygen atoms in total. The zero-order valence-electron chi connectivity index (χ0n) is 10.8. The van der Waals surface area contributed by atoms with E-state index in [9.17, 15) is 0 Å². The van der Waals surface area contributed by atoms with Crippen LogP contribution in [0.5, 0.6) is 0 Å². The molecule has 0 fully saturated rings. The normalized spacial score (nSPS) is 10.8. The number of nitrogens with zero attached hydrogens (tertiary/aromatic N) is 2. The highest BCUT2D eigenvalue weighted by atomic mass is 14.8. The second kappa shape index (κ2) is 4.69. The molecule has 0 saturated carbocycles. The fraction of sp³-hybridized carbons (Fsp3) is 0.125. The van der Waals surface area contributed by atoms with Gasteiger partial charge in [-0.15, -0.1) is 0 Å². The number of fused-ring (bicyclic) bond motifs is 1. The van der Waals surface area contributed by atoms with Gasteiger partial charge in [0, 0.05) is 28.9 Å². The lowest BCUT2D eigenvalue weighted by Gasteiger charge is -2.11. The van der Waals surface area contributed by atoms with Gasteiger partial charge < -0.3 is 5.73 Å². The Labute approximate surface area is 112 Å². The molecule has 0 radical (unpaired) electrons. The minimum Gasteiger partial charge on any atom is -0.383 e. The van der Waals surface area contributed by atoms with Crippen molar-refractivity contribution in [2.75, 3.05) is 5.73 Å².